The average Bonchev–Trinajstić information content (AvgIpc) is 2.93. The van der Waals surface area contributed by atoms with E-state index in [9.17, 15) is 4.79 Å². The van der Waals surface area contributed by atoms with Gasteiger partial charge in [-0.05, 0) is 31.0 Å². The fraction of sp³-hybridized carbons (Fsp3) is 0.308. The summed E-state index contributed by atoms with van der Waals surface area (Å²) in [6.07, 6.45) is 6.10. The number of amides is 1. The van der Waals surface area contributed by atoms with Crippen LogP contribution in [0.1, 0.15) is 12.5 Å². The zero-order chi connectivity index (χ0) is 13.5. The van der Waals surface area contributed by atoms with Crippen LogP contribution in [0, 0.1) is 0 Å². The monoisotopic (exact) mass is 276 g/mol. The van der Waals surface area contributed by atoms with Crippen LogP contribution < -0.4 is 5.32 Å². The molecule has 0 spiro atoms. The van der Waals surface area contributed by atoms with Crippen LogP contribution in [-0.4, -0.2) is 32.9 Å². The Kier molecular flexibility index (Phi) is 4.97. The SMILES string of the molecule is C[C@@H](Sc1ccccn1)C(=O)NCCc1cn[nH]c1. The topological polar surface area (TPSA) is 70.7 Å². The van der Waals surface area contributed by atoms with Gasteiger partial charge in [0.15, 0.2) is 0 Å². The molecule has 0 radical (unpaired) electrons. The van der Waals surface area contributed by atoms with Gasteiger partial charge in [0.1, 0.15) is 0 Å². The lowest BCUT2D eigenvalue weighted by molar-refractivity contribution is -0.120. The van der Waals surface area contributed by atoms with Gasteiger partial charge in [0.2, 0.25) is 5.91 Å². The molecule has 0 bridgehead atoms. The summed E-state index contributed by atoms with van der Waals surface area (Å²) in [5.74, 6) is 0.0270. The minimum Gasteiger partial charge on any atom is -0.355 e. The first-order valence-corrected chi connectivity index (χ1v) is 6.97. The highest BCUT2D eigenvalue weighted by atomic mass is 32.2. The first kappa shape index (κ1) is 13.6. The van der Waals surface area contributed by atoms with Crippen molar-refractivity contribution in [2.75, 3.05) is 6.54 Å². The van der Waals surface area contributed by atoms with Gasteiger partial charge in [-0.15, -0.1) is 0 Å². The van der Waals surface area contributed by atoms with Crippen molar-refractivity contribution in [3.63, 3.8) is 0 Å². The molecule has 1 atom stereocenters. The molecule has 0 aromatic carbocycles. The van der Waals surface area contributed by atoms with Crippen LogP contribution in [0.15, 0.2) is 41.8 Å². The first-order valence-electron chi connectivity index (χ1n) is 6.09. The van der Waals surface area contributed by atoms with Crippen molar-refractivity contribution in [2.45, 2.75) is 23.6 Å². The average molecular weight is 276 g/mol. The molecule has 0 aliphatic heterocycles. The van der Waals surface area contributed by atoms with Crippen LogP contribution in [0.4, 0.5) is 0 Å². The fourth-order valence-corrected chi connectivity index (χ4v) is 2.37. The van der Waals surface area contributed by atoms with Gasteiger partial charge in [0, 0.05) is 18.9 Å². The molecule has 0 fully saturated rings. The fourth-order valence-electron chi connectivity index (χ4n) is 1.54. The third kappa shape index (κ3) is 4.40. The number of H-pyrrole nitrogens is 1. The van der Waals surface area contributed by atoms with E-state index in [1.165, 1.54) is 11.8 Å². The third-order valence-corrected chi connectivity index (χ3v) is 3.62. The predicted octanol–water partition coefficient (Wildman–Crippen LogP) is 1.64. The molecule has 0 saturated heterocycles. The van der Waals surface area contributed by atoms with Crippen molar-refractivity contribution in [2.24, 2.45) is 0 Å². The maximum atomic E-state index is 11.9. The second-order valence-corrected chi connectivity index (χ2v) is 5.44. The van der Waals surface area contributed by atoms with Gasteiger partial charge in [-0.25, -0.2) is 4.98 Å². The highest BCUT2D eigenvalue weighted by Gasteiger charge is 2.14. The van der Waals surface area contributed by atoms with Crippen LogP contribution in [0.25, 0.3) is 0 Å². The van der Waals surface area contributed by atoms with E-state index in [1.807, 2.05) is 31.3 Å². The summed E-state index contributed by atoms with van der Waals surface area (Å²) in [5, 5.41) is 10.2. The molecule has 2 heterocycles. The van der Waals surface area contributed by atoms with Crippen LogP contribution in [0.3, 0.4) is 0 Å². The van der Waals surface area contributed by atoms with Crippen molar-refractivity contribution >= 4 is 17.7 Å². The number of carbonyl (C=O) groups is 1. The molecule has 2 aromatic rings. The Bertz CT molecular complexity index is 501. The number of nitrogens with zero attached hydrogens (tertiary/aromatic N) is 2. The number of aromatic nitrogens is 3. The molecule has 2 N–H and O–H groups in total. The van der Waals surface area contributed by atoms with Gasteiger partial charge in [0.25, 0.3) is 0 Å². The van der Waals surface area contributed by atoms with E-state index in [4.69, 9.17) is 0 Å². The van der Waals surface area contributed by atoms with Crippen molar-refractivity contribution in [3.05, 3.63) is 42.4 Å². The largest absolute Gasteiger partial charge is 0.355 e. The number of hydrogen-bond acceptors (Lipinski definition) is 4. The first-order chi connectivity index (χ1) is 9.25. The summed E-state index contributed by atoms with van der Waals surface area (Å²) in [4.78, 5) is 16.1. The van der Waals surface area contributed by atoms with Gasteiger partial charge in [0.05, 0.1) is 16.5 Å². The summed E-state index contributed by atoms with van der Waals surface area (Å²) in [6.45, 7) is 2.50. The summed E-state index contributed by atoms with van der Waals surface area (Å²) in [6, 6.07) is 5.68. The molecule has 5 nitrogen and oxygen atoms in total. The van der Waals surface area contributed by atoms with Gasteiger partial charge < -0.3 is 5.32 Å². The summed E-state index contributed by atoms with van der Waals surface area (Å²) >= 11 is 1.46. The number of hydrogen-bond donors (Lipinski definition) is 2. The normalized spacial score (nSPS) is 12.1. The summed E-state index contributed by atoms with van der Waals surface area (Å²) < 4.78 is 0. The summed E-state index contributed by atoms with van der Waals surface area (Å²) in [7, 11) is 0. The molecule has 6 heteroatoms. The van der Waals surface area contributed by atoms with Gasteiger partial charge in [-0.2, -0.15) is 5.10 Å². The zero-order valence-electron chi connectivity index (χ0n) is 10.7. The van der Waals surface area contributed by atoms with Crippen molar-refractivity contribution in [1.29, 1.82) is 0 Å². The molecule has 0 saturated carbocycles. The number of aromatic amines is 1. The molecule has 2 aromatic heterocycles. The lowest BCUT2D eigenvalue weighted by Crippen LogP contribution is -2.32. The van der Waals surface area contributed by atoms with Crippen molar-refractivity contribution < 1.29 is 4.79 Å². The minimum absolute atomic E-state index is 0.0270. The van der Waals surface area contributed by atoms with E-state index in [2.05, 4.69) is 20.5 Å². The van der Waals surface area contributed by atoms with Crippen LogP contribution in [0.5, 0.6) is 0 Å². The Labute approximate surface area is 116 Å². The Hall–Kier alpha value is -1.82. The van der Waals surface area contributed by atoms with Crippen LogP contribution >= 0.6 is 11.8 Å². The minimum atomic E-state index is -0.153. The second-order valence-electron chi connectivity index (χ2n) is 4.08. The van der Waals surface area contributed by atoms with Gasteiger partial charge in [-0.1, -0.05) is 17.8 Å². The number of rotatable bonds is 6. The lowest BCUT2D eigenvalue weighted by Gasteiger charge is -2.10. The van der Waals surface area contributed by atoms with Gasteiger partial charge >= 0.3 is 0 Å². The maximum absolute atomic E-state index is 11.9. The molecule has 1 amide bonds. The van der Waals surface area contributed by atoms with E-state index in [1.54, 1.807) is 12.4 Å². The van der Waals surface area contributed by atoms with E-state index in [-0.39, 0.29) is 11.2 Å². The molecule has 0 unspecified atom stereocenters. The van der Waals surface area contributed by atoms with Crippen molar-refractivity contribution in [3.8, 4) is 0 Å². The van der Waals surface area contributed by atoms with E-state index in [0.29, 0.717) is 6.54 Å². The number of thioether (sulfide) groups is 1. The standard InChI is InChI=1S/C13H16N4OS/c1-10(19-12-4-2-3-6-14-12)13(18)15-7-5-11-8-16-17-9-11/h2-4,6,8-10H,5,7H2,1H3,(H,15,18)(H,16,17)/t10-/m1/s1. The quantitative estimate of drug-likeness (QED) is 0.787. The number of carbonyl (C=O) groups excluding carboxylic acids is 1. The van der Waals surface area contributed by atoms with E-state index >= 15 is 0 Å². The van der Waals surface area contributed by atoms with E-state index in [0.717, 1.165) is 17.0 Å². The molecule has 0 aliphatic rings. The highest BCUT2D eigenvalue weighted by Crippen LogP contribution is 2.20. The Balaban J connectivity index is 1.73. The molecule has 19 heavy (non-hydrogen) atoms. The Morgan fingerprint density at radius 3 is 3.11 bits per heavy atom. The molecule has 100 valence electrons. The van der Waals surface area contributed by atoms with Crippen molar-refractivity contribution in [1.82, 2.24) is 20.5 Å². The smallest absolute Gasteiger partial charge is 0.233 e. The second kappa shape index (κ2) is 6.94. The van der Waals surface area contributed by atoms with Gasteiger partial charge in [-0.3, -0.25) is 9.89 Å². The predicted molar refractivity (Wildman–Crippen MR) is 74.9 cm³/mol. The highest BCUT2D eigenvalue weighted by molar-refractivity contribution is 8.00. The molecular formula is C13H16N4OS. The van der Waals surface area contributed by atoms with Crippen LogP contribution in [0.2, 0.25) is 0 Å². The summed E-state index contributed by atoms with van der Waals surface area (Å²) in [5.41, 5.74) is 1.09. The van der Waals surface area contributed by atoms with Crippen LogP contribution in [-0.2, 0) is 11.2 Å². The molecule has 2 rings (SSSR count). The third-order valence-electron chi connectivity index (χ3n) is 2.57. The number of pyridine rings is 1. The zero-order valence-corrected chi connectivity index (χ0v) is 11.5. The lowest BCUT2D eigenvalue weighted by atomic mass is 10.2. The number of nitrogens with one attached hydrogen (secondary N) is 2. The maximum Gasteiger partial charge on any atom is 0.233 e. The molecule has 0 aliphatic carbocycles. The Morgan fingerprint density at radius 1 is 1.53 bits per heavy atom. The van der Waals surface area contributed by atoms with E-state index < -0.39 is 0 Å². The Morgan fingerprint density at radius 2 is 2.42 bits per heavy atom. The molecular weight excluding hydrogens is 260 g/mol.